The Balaban J connectivity index is 0.00000144. The molecule has 0 aliphatic carbocycles. The van der Waals surface area contributed by atoms with Crippen molar-refractivity contribution in [3.63, 3.8) is 0 Å². The third kappa shape index (κ3) is 5.74. The number of nitrogens with zero attached hydrogens (tertiary/aromatic N) is 3. The Bertz CT molecular complexity index is 617. The van der Waals surface area contributed by atoms with Crippen LogP contribution in [0.5, 0.6) is 0 Å². The SMILES string of the molecule is Cl.Cl.O=C(CCc1nc(-c2ccccn2)no1)N[C@H]1CCCNC1. The zero-order valence-electron chi connectivity index (χ0n) is 13.1. The van der Waals surface area contributed by atoms with E-state index in [0.717, 1.165) is 25.9 Å². The van der Waals surface area contributed by atoms with Crippen LogP contribution in [0.3, 0.4) is 0 Å². The van der Waals surface area contributed by atoms with Crippen molar-refractivity contribution >= 4 is 30.7 Å². The van der Waals surface area contributed by atoms with Crippen LogP contribution in [-0.2, 0) is 11.2 Å². The van der Waals surface area contributed by atoms with Crippen LogP contribution in [-0.4, -0.2) is 40.2 Å². The minimum Gasteiger partial charge on any atom is -0.352 e. The second-order valence-electron chi connectivity index (χ2n) is 5.34. The lowest BCUT2D eigenvalue weighted by atomic mass is 10.1. The van der Waals surface area contributed by atoms with Gasteiger partial charge >= 0.3 is 0 Å². The topological polar surface area (TPSA) is 92.9 Å². The number of aromatic nitrogens is 3. The summed E-state index contributed by atoms with van der Waals surface area (Å²) < 4.78 is 5.17. The Labute approximate surface area is 152 Å². The fraction of sp³-hybridized carbons (Fsp3) is 0.467. The van der Waals surface area contributed by atoms with Gasteiger partial charge in [0.15, 0.2) is 0 Å². The summed E-state index contributed by atoms with van der Waals surface area (Å²) in [4.78, 5) is 20.4. The Hall–Kier alpha value is -1.70. The van der Waals surface area contributed by atoms with Crippen molar-refractivity contribution in [1.29, 1.82) is 0 Å². The Morgan fingerprint density at radius 1 is 1.38 bits per heavy atom. The summed E-state index contributed by atoms with van der Waals surface area (Å²) in [6, 6.07) is 5.74. The van der Waals surface area contributed by atoms with Gasteiger partial charge in [-0.25, -0.2) is 0 Å². The van der Waals surface area contributed by atoms with Crippen LogP contribution in [0.15, 0.2) is 28.9 Å². The molecule has 1 fully saturated rings. The largest absolute Gasteiger partial charge is 0.352 e. The van der Waals surface area contributed by atoms with E-state index >= 15 is 0 Å². The molecule has 0 aromatic carbocycles. The standard InChI is InChI=1S/C15H19N5O2.2ClH/c21-13(18-11-4-3-8-16-10-11)6-7-14-19-15(20-22-14)12-5-1-2-9-17-12;;/h1-2,5,9,11,16H,3-4,6-8,10H2,(H,18,21);2*1H/t11-;;/m0../s1. The molecule has 2 aromatic rings. The summed E-state index contributed by atoms with van der Waals surface area (Å²) >= 11 is 0. The Morgan fingerprint density at radius 3 is 2.96 bits per heavy atom. The number of hydrogen-bond donors (Lipinski definition) is 2. The molecular formula is C15H21Cl2N5O2. The van der Waals surface area contributed by atoms with Crippen LogP contribution >= 0.6 is 24.8 Å². The van der Waals surface area contributed by atoms with Crippen LogP contribution in [0.25, 0.3) is 11.5 Å². The molecule has 132 valence electrons. The average Bonchev–Trinajstić information content (AvgIpc) is 3.04. The van der Waals surface area contributed by atoms with Gasteiger partial charge in [0.05, 0.1) is 0 Å². The minimum absolute atomic E-state index is 0. The number of halogens is 2. The van der Waals surface area contributed by atoms with E-state index in [9.17, 15) is 4.79 Å². The van der Waals surface area contributed by atoms with Gasteiger partial charge in [-0.3, -0.25) is 9.78 Å². The molecule has 3 heterocycles. The van der Waals surface area contributed by atoms with Crippen molar-refractivity contribution in [2.75, 3.05) is 13.1 Å². The molecule has 2 aromatic heterocycles. The number of amides is 1. The van der Waals surface area contributed by atoms with Crippen molar-refractivity contribution in [2.45, 2.75) is 31.7 Å². The second kappa shape index (κ2) is 10.2. The van der Waals surface area contributed by atoms with Crippen molar-refractivity contribution in [2.24, 2.45) is 0 Å². The highest BCUT2D eigenvalue weighted by atomic mass is 35.5. The van der Waals surface area contributed by atoms with E-state index in [1.807, 2.05) is 18.2 Å². The highest BCUT2D eigenvalue weighted by Crippen LogP contribution is 2.12. The molecule has 1 saturated heterocycles. The molecule has 0 unspecified atom stereocenters. The third-order valence-electron chi connectivity index (χ3n) is 3.59. The minimum atomic E-state index is 0. The monoisotopic (exact) mass is 373 g/mol. The van der Waals surface area contributed by atoms with E-state index < -0.39 is 0 Å². The summed E-state index contributed by atoms with van der Waals surface area (Å²) in [5.41, 5.74) is 0.662. The summed E-state index contributed by atoms with van der Waals surface area (Å²) in [7, 11) is 0. The first kappa shape index (κ1) is 20.3. The van der Waals surface area contributed by atoms with Gasteiger partial charge in [-0.2, -0.15) is 4.98 Å². The molecule has 9 heteroatoms. The summed E-state index contributed by atoms with van der Waals surface area (Å²) in [5, 5.41) is 10.2. The van der Waals surface area contributed by atoms with Crippen LogP contribution in [0, 0.1) is 0 Å². The highest BCUT2D eigenvalue weighted by Gasteiger charge is 2.16. The van der Waals surface area contributed by atoms with Crippen LogP contribution in [0.1, 0.15) is 25.2 Å². The zero-order valence-corrected chi connectivity index (χ0v) is 14.7. The lowest BCUT2D eigenvalue weighted by Crippen LogP contribution is -2.45. The molecule has 0 radical (unpaired) electrons. The molecule has 1 atom stereocenters. The van der Waals surface area contributed by atoms with Gasteiger partial charge in [-0.1, -0.05) is 11.2 Å². The first-order chi connectivity index (χ1) is 10.8. The fourth-order valence-electron chi connectivity index (χ4n) is 2.45. The molecule has 3 rings (SSSR count). The predicted octanol–water partition coefficient (Wildman–Crippen LogP) is 1.78. The molecule has 1 amide bonds. The first-order valence-electron chi connectivity index (χ1n) is 7.55. The number of piperidine rings is 1. The fourth-order valence-corrected chi connectivity index (χ4v) is 2.45. The van der Waals surface area contributed by atoms with Crippen LogP contribution < -0.4 is 10.6 Å². The lowest BCUT2D eigenvalue weighted by molar-refractivity contribution is -0.121. The molecular weight excluding hydrogens is 353 g/mol. The quantitative estimate of drug-likeness (QED) is 0.829. The molecule has 0 bridgehead atoms. The molecule has 0 spiro atoms. The average molecular weight is 374 g/mol. The van der Waals surface area contributed by atoms with E-state index in [1.165, 1.54) is 0 Å². The first-order valence-corrected chi connectivity index (χ1v) is 7.55. The maximum atomic E-state index is 11.9. The summed E-state index contributed by atoms with van der Waals surface area (Å²) in [6.07, 6.45) is 4.59. The van der Waals surface area contributed by atoms with Crippen LogP contribution in [0.4, 0.5) is 0 Å². The molecule has 7 nitrogen and oxygen atoms in total. The maximum Gasteiger partial charge on any atom is 0.227 e. The van der Waals surface area contributed by atoms with Gasteiger partial charge < -0.3 is 15.2 Å². The summed E-state index contributed by atoms with van der Waals surface area (Å²) in [6.45, 7) is 1.88. The second-order valence-corrected chi connectivity index (χ2v) is 5.34. The molecule has 1 aliphatic rings. The molecule has 24 heavy (non-hydrogen) atoms. The van der Waals surface area contributed by atoms with Gasteiger partial charge in [0.25, 0.3) is 0 Å². The Morgan fingerprint density at radius 2 is 2.25 bits per heavy atom. The smallest absolute Gasteiger partial charge is 0.227 e. The molecule has 1 aliphatic heterocycles. The van der Waals surface area contributed by atoms with E-state index in [1.54, 1.807) is 6.20 Å². The van der Waals surface area contributed by atoms with Gasteiger partial charge in [0, 0.05) is 31.6 Å². The van der Waals surface area contributed by atoms with Gasteiger partial charge in [0.2, 0.25) is 17.6 Å². The van der Waals surface area contributed by atoms with Crippen LogP contribution in [0.2, 0.25) is 0 Å². The number of aryl methyl sites for hydroxylation is 1. The van der Waals surface area contributed by atoms with Crippen molar-refractivity contribution in [3.8, 4) is 11.5 Å². The zero-order chi connectivity index (χ0) is 15.2. The third-order valence-corrected chi connectivity index (χ3v) is 3.59. The lowest BCUT2D eigenvalue weighted by Gasteiger charge is -2.23. The number of carbonyl (C=O) groups excluding carboxylic acids is 1. The highest BCUT2D eigenvalue weighted by molar-refractivity contribution is 5.85. The van der Waals surface area contributed by atoms with Crippen molar-refractivity contribution < 1.29 is 9.32 Å². The van der Waals surface area contributed by atoms with E-state index in [2.05, 4.69) is 25.8 Å². The molecule has 0 saturated carbocycles. The number of hydrogen-bond acceptors (Lipinski definition) is 6. The van der Waals surface area contributed by atoms with E-state index in [-0.39, 0.29) is 36.8 Å². The number of pyridine rings is 1. The van der Waals surface area contributed by atoms with E-state index in [0.29, 0.717) is 30.3 Å². The maximum absolute atomic E-state index is 11.9. The summed E-state index contributed by atoms with van der Waals surface area (Å²) in [5.74, 6) is 0.927. The Kier molecular flexibility index (Phi) is 8.67. The number of rotatable bonds is 5. The van der Waals surface area contributed by atoms with Gasteiger partial charge in [0.1, 0.15) is 5.69 Å². The normalized spacial score (nSPS) is 16.6. The number of carbonyl (C=O) groups is 1. The molecule has 2 N–H and O–H groups in total. The van der Waals surface area contributed by atoms with Crippen molar-refractivity contribution in [3.05, 3.63) is 30.3 Å². The van der Waals surface area contributed by atoms with Gasteiger partial charge in [-0.05, 0) is 31.5 Å². The van der Waals surface area contributed by atoms with Crippen molar-refractivity contribution in [1.82, 2.24) is 25.8 Å². The number of nitrogens with one attached hydrogen (secondary N) is 2. The van der Waals surface area contributed by atoms with E-state index in [4.69, 9.17) is 4.52 Å². The van der Waals surface area contributed by atoms with Gasteiger partial charge in [-0.15, -0.1) is 24.8 Å². The predicted molar refractivity (Wildman–Crippen MR) is 94.4 cm³/mol.